The number of hydrogen-bond acceptors (Lipinski definition) is 6. The fourth-order valence-corrected chi connectivity index (χ4v) is 3.04. The molecule has 3 amide bonds. The van der Waals surface area contributed by atoms with Crippen molar-refractivity contribution >= 4 is 29.7 Å². The molecule has 1 atom stereocenters. The van der Waals surface area contributed by atoms with Crippen molar-refractivity contribution in [1.82, 2.24) is 16.0 Å². The third-order valence-corrected chi connectivity index (χ3v) is 4.43. The number of rotatable bonds is 4. The highest BCUT2D eigenvalue weighted by Crippen LogP contribution is 2.20. The minimum atomic E-state index is -0.766. The van der Waals surface area contributed by atoms with Gasteiger partial charge in [-0.2, -0.15) is 0 Å². The summed E-state index contributed by atoms with van der Waals surface area (Å²) in [6.45, 7) is 3.41. The Morgan fingerprint density at radius 1 is 1.24 bits per heavy atom. The van der Waals surface area contributed by atoms with Crippen molar-refractivity contribution in [2.24, 2.45) is 0 Å². The number of piperazine rings is 1. The molecule has 1 aromatic rings. The molecule has 0 bridgehead atoms. The molecule has 2 heterocycles. The Morgan fingerprint density at radius 2 is 2.00 bits per heavy atom. The van der Waals surface area contributed by atoms with Crippen molar-refractivity contribution in [2.45, 2.75) is 18.9 Å². The van der Waals surface area contributed by atoms with Crippen LogP contribution in [-0.4, -0.2) is 56.2 Å². The van der Waals surface area contributed by atoms with Crippen LogP contribution >= 0.6 is 0 Å². The molecule has 2 aliphatic heterocycles. The lowest BCUT2D eigenvalue weighted by atomic mass is 10.0. The number of imide groups is 1. The quantitative estimate of drug-likeness (QED) is 0.499. The minimum Gasteiger partial charge on any atom is -0.369 e. The Labute approximate surface area is 144 Å². The zero-order valence-electron chi connectivity index (χ0n) is 13.7. The van der Waals surface area contributed by atoms with E-state index in [4.69, 9.17) is 0 Å². The van der Waals surface area contributed by atoms with Gasteiger partial charge < -0.3 is 15.5 Å². The topological polar surface area (TPSA) is 108 Å². The molecule has 0 aromatic heterocycles. The van der Waals surface area contributed by atoms with Crippen LogP contribution in [0.4, 0.5) is 5.69 Å². The van der Waals surface area contributed by atoms with Gasteiger partial charge in [0.05, 0.1) is 0 Å². The summed E-state index contributed by atoms with van der Waals surface area (Å²) in [7, 11) is 0. The summed E-state index contributed by atoms with van der Waals surface area (Å²) in [6.07, 6.45) is 1.08. The summed E-state index contributed by atoms with van der Waals surface area (Å²) < 4.78 is 0. The molecule has 3 N–H and O–H groups in total. The van der Waals surface area contributed by atoms with E-state index in [1.54, 1.807) is 18.2 Å². The minimum absolute atomic E-state index is 0.180. The van der Waals surface area contributed by atoms with Gasteiger partial charge in [0, 0.05) is 49.4 Å². The maximum Gasteiger partial charge on any atom is 0.252 e. The average molecular weight is 344 g/mol. The highest BCUT2D eigenvalue weighted by atomic mass is 16.2. The number of hydrogen-bond donors (Lipinski definition) is 3. The van der Waals surface area contributed by atoms with Crippen molar-refractivity contribution < 1.29 is 19.2 Å². The van der Waals surface area contributed by atoms with Gasteiger partial charge in [0.25, 0.3) is 5.91 Å². The van der Waals surface area contributed by atoms with Gasteiger partial charge in [-0.25, -0.2) is 0 Å². The summed E-state index contributed by atoms with van der Waals surface area (Å²) >= 11 is 0. The van der Waals surface area contributed by atoms with Crippen molar-refractivity contribution in [3.05, 3.63) is 29.3 Å². The van der Waals surface area contributed by atoms with Gasteiger partial charge in [0.2, 0.25) is 11.8 Å². The van der Waals surface area contributed by atoms with Crippen LogP contribution in [0.3, 0.4) is 0 Å². The van der Waals surface area contributed by atoms with Gasteiger partial charge in [-0.1, -0.05) is 0 Å². The first-order valence-electron chi connectivity index (χ1n) is 8.28. The SMILES string of the molecule is O=Cc1cc(N2CCNCC2)ccc1C(=O)NC1CCC(=O)NC1=O. The van der Waals surface area contributed by atoms with Gasteiger partial charge in [0.1, 0.15) is 6.04 Å². The Hall–Kier alpha value is -2.74. The van der Waals surface area contributed by atoms with Crippen LogP contribution in [0, 0.1) is 0 Å². The summed E-state index contributed by atoms with van der Waals surface area (Å²) in [5.41, 5.74) is 1.39. The first-order chi connectivity index (χ1) is 12.1. The maximum absolute atomic E-state index is 12.4. The zero-order chi connectivity index (χ0) is 17.8. The van der Waals surface area contributed by atoms with Gasteiger partial charge >= 0.3 is 0 Å². The lowest BCUT2D eigenvalue weighted by Gasteiger charge is -2.30. The number of amides is 3. The summed E-state index contributed by atoms with van der Waals surface area (Å²) in [6, 6.07) is 4.33. The van der Waals surface area contributed by atoms with E-state index in [0.29, 0.717) is 6.29 Å². The Kier molecular flexibility index (Phi) is 5.08. The number of carbonyl (C=O) groups excluding carboxylic acids is 4. The van der Waals surface area contributed by atoms with E-state index in [1.165, 1.54) is 0 Å². The second-order valence-electron chi connectivity index (χ2n) is 6.10. The van der Waals surface area contributed by atoms with Crippen molar-refractivity contribution in [3.8, 4) is 0 Å². The standard InChI is InChI=1S/C17H20N4O4/c22-10-11-9-12(21-7-5-18-6-8-21)1-2-13(11)16(24)19-14-3-4-15(23)20-17(14)25/h1-2,9-10,14,18H,3-8H2,(H,19,24)(H,20,23,25). The highest BCUT2D eigenvalue weighted by Gasteiger charge is 2.28. The van der Waals surface area contributed by atoms with E-state index < -0.39 is 17.9 Å². The first-order valence-corrected chi connectivity index (χ1v) is 8.28. The molecule has 1 unspecified atom stereocenters. The predicted octanol–water partition coefficient (Wildman–Crippen LogP) is -0.556. The zero-order valence-corrected chi connectivity index (χ0v) is 13.7. The first kappa shape index (κ1) is 17.1. The molecular formula is C17H20N4O4. The van der Waals surface area contributed by atoms with Crippen molar-refractivity contribution in [1.29, 1.82) is 0 Å². The summed E-state index contributed by atoms with van der Waals surface area (Å²) in [5, 5.41) is 8.04. The van der Waals surface area contributed by atoms with Crippen LogP contribution in [0.15, 0.2) is 18.2 Å². The molecule has 25 heavy (non-hydrogen) atoms. The lowest BCUT2D eigenvalue weighted by Crippen LogP contribution is -2.52. The molecule has 3 rings (SSSR count). The van der Waals surface area contributed by atoms with E-state index in [0.717, 1.165) is 31.9 Å². The highest BCUT2D eigenvalue weighted by molar-refractivity contribution is 6.06. The molecule has 2 saturated heterocycles. The Bertz CT molecular complexity index is 713. The van der Waals surface area contributed by atoms with Crippen LogP contribution in [-0.2, 0) is 9.59 Å². The van der Waals surface area contributed by atoms with Gasteiger partial charge in [-0.05, 0) is 24.6 Å². The molecule has 0 spiro atoms. The monoisotopic (exact) mass is 344 g/mol. The van der Waals surface area contributed by atoms with E-state index >= 15 is 0 Å². The molecule has 0 radical (unpaired) electrons. The fraction of sp³-hybridized carbons (Fsp3) is 0.412. The molecule has 8 heteroatoms. The lowest BCUT2D eigenvalue weighted by molar-refractivity contribution is -0.134. The molecule has 2 aliphatic rings. The number of nitrogens with zero attached hydrogens (tertiary/aromatic N) is 1. The molecule has 132 valence electrons. The van der Waals surface area contributed by atoms with Crippen LogP contribution in [0.25, 0.3) is 0 Å². The largest absolute Gasteiger partial charge is 0.369 e. The molecule has 1 aromatic carbocycles. The summed E-state index contributed by atoms with van der Waals surface area (Å²) in [5.74, 6) is -1.36. The predicted molar refractivity (Wildman–Crippen MR) is 90.6 cm³/mol. The maximum atomic E-state index is 12.4. The van der Waals surface area contributed by atoms with Crippen molar-refractivity contribution in [2.75, 3.05) is 31.1 Å². The third kappa shape index (κ3) is 3.85. The second kappa shape index (κ2) is 7.43. The van der Waals surface area contributed by atoms with E-state index in [1.807, 2.05) is 0 Å². The van der Waals surface area contributed by atoms with Gasteiger partial charge in [-0.15, -0.1) is 0 Å². The average Bonchev–Trinajstić information content (AvgIpc) is 2.64. The van der Waals surface area contributed by atoms with Crippen LogP contribution < -0.4 is 20.9 Å². The number of anilines is 1. The van der Waals surface area contributed by atoms with Gasteiger partial charge in [-0.3, -0.25) is 24.5 Å². The molecule has 8 nitrogen and oxygen atoms in total. The normalized spacial score (nSPS) is 20.8. The Morgan fingerprint density at radius 3 is 2.68 bits per heavy atom. The number of piperidine rings is 1. The van der Waals surface area contributed by atoms with Crippen molar-refractivity contribution in [3.63, 3.8) is 0 Å². The van der Waals surface area contributed by atoms with E-state index in [-0.39, 0.29) is 29.9 Å². The third-order valence-electron chi connectivity index (χ3n) is 4.43. The summed E-state index contributed by atoms with van der Waals surface area (Å²) in [4.78, 5) is 48.9. The van der Waals surface area contributed by atoms with Crippen LogP contribution in [0.1, 0.15) is 33.6 Å². The van der Waals surface area contributed by atoms with E-state index in [9.17, 15) is 19.2 Å². The number of benzene rings is 1. The Balaban J connectivity index is 1.74. The number of nitrogens with one attached hydrogen (secondary N) is 3. The second-order valence-corrected chi connectivity index (χ2v) is 6.10. The van der Waals surface area contributed by atoms with Gasteiger partial charge in [0.15, 0.2) is 6.29 Å². The smallest absolute Gasteiger partial charge is 0.252 e. The fourth-order valence-electron chi connectivity index (χ4n) is 3.04. The molecule has 0 saturated carbocycles. The molecule has 0 aliphatic carbocycles. The van der Waals surface area contributed by atoms with E-state index in [2.05, 4.69) is 20.9 Å². The van der Waals surface area contributed by atoms with Crippen LogP contribution in [0.5, 0.6) is 0 Å². The molecular weight excluding hydrogens is 324 g/mol. The molecule has 2 fully saturated rings. The van der Waals surface area contributed by atoms with Crippen LogP contribution in [0.2, 0.25) is 0 Å². The number of aldehydes is 1. The number of carbonyl (C=O) groups is 4.